The van der Waals surface area contributed by atoms with Crippen molar-refractivity contribution in [3.63, 3.8) is 0 Å². The van der Waals surface area contributed by atoms with E-state index in [9.17, 15) is 14.0 Å². The molecule has 3 N–H and O–H groups in total. The SMILES string of the molecule is CNC(=O)c1cc(NC(=O)NC2CCCc3sccc32)ccc1F. The number of aryl methyl sites for hydroxylation is 1. The largest absolute Gasteiger partial charge is 0.355 e. The van der Waals surface area contributed by atoms with Gasteiger partial charge >= 0.3 is 6.03 Å². The molecule has 1 atom stereocenters. The smallest absolute Gasteiger partial charge is 0.319 e. The van der Waals surface area contributed by atoms with Gasteiger partial charge in [0.15, 0.2) is 0 Å². The Bertz CT molecular complexity index is 775. The van der Waals surface area contributed by atoms with Crippen LogP contribution in [0.15, 0.2) is 29.6 Å². The highest BCUT2D eigenvalue weighted by Gasteiger charge is 2.22. The third-order valence-corrected chi connectivity index (χ3v) is 5.05. The van der Waals surface area contributed by atoms with Crippen LogP contribution in [-0.4, -0.2) is 19.0 Å². The first-order chi connectivity index (χ1) is 11.6. The molecule has 1 unspecified atom stereocenters. The van der Waals surface area contributed by atoms with Crippen LogP contribution in [0.1, 0.15) is 39.7 Å². The molecule has 0 radical (unpaired) electrons. The normalized spacial score (nSPS) is 16.2. The molecule has 0 saturated carbocycles. The van der Waals surface area contributed by atoms with Crippen LogP contribution in [0, 0.1) is 5.82 Å². The van der Waals surface area contributed by atoms with Gasteiger partial charge in [0, 0.05) is 17.6 Å². The number of hydrogen-bond donors (Lipinski definition) is 3. The standard InChI is InChI=1S/C17H18FN3O2S/c1-19-16(22)12-9-10(5-6-13(12)18)20-17(23)21-14-3-2-4-15-11(14)7-8-24-15/h5-9,14H,2-4H2,1H3,(H,19,22)(H2,20,21,23). The molecule has 126 valence electrons. The zero-order chi connectivity index (χ0) is 17.1. The highest BCUT2D eigenvalue weighted by molar-refractivity contribution is 7.10. The van der Waals surface area contributed by atoms with Crippen molar-refractivity contribution in [2.75, 3.05) is 12.4 Å². The molecule has 1 aliphatic rings. The van der Waals surface area contributed by atoms with Crippen molar-refractivity contribution in [2.45, 2.75) is 25.3 Å². The summed E-state index contributed by atoms with van der Waals surface area (Å²) in [7, 11) is 1.43. The van der Waals surface area contributed by atoms with Crippen LogP contribution < -0.4 is 16.0 Å². The van der Waals surface area contributed by atoms with E-state index in [1.54, 1.807) is 11.3 Å². The number of anilines is 1. The van der Waals surface area contributed by atoms with Crippen LogP contribution in [0.4, 0.5) is 14.9 Å². The number of rotatable bonds is 3. The average Bonchev–Trinajstić information content (AvgIpc) is 3.05. The molecule has 24 heavy (non-hydrogen) atoms. The lowest BCUT2D eigenvalue weighted by molar-refractivity contribution is 0.0959. The minimum atomic E-state index is -0.629. The summed E-state index contributed by atoms with van der Waals surface area (Å²) in [6, 6.07) is 5.58. The van der Waals surface area contributed by atoms with E-state index in [1.165, 1.54) is 29.6 Å². The Morgan fingerprint density at radius 3 is 2.92 bits per heavy atom. The van der Waals surface area contributed by atoms with Gasteiger partial charge in [0.05, 0.1) is 11.6 Å². The first-order valence-corrected chi connectivity index (χ1v) is 8.62. The van der Waals surface area contributed by atoms with Crippen LogP contribution in [0.2, 0.25) is 0 Å². The molecule has 1 aromatic carbocycles. The van der Waals surface area contributed by atoms with Crippen molar-refractivity contribution >= 4 is 29.0 Å². The number of carbonyl (C=O) groups is 2. The Labute approximate surface area is 143 Å². The second-order valence-electron chi connectivity index (χ2n) is 5.62. The van der Waals surface area contributed by atoms with Crippen molar-refractivity contribution in [3.8, 4) is 0 Å². The minimum Gasteiger partial charge on any atom is -0.355 e. The number of benzene rings is 1. The van der Waals surface area contributed by atoms with E-state index in [1.807, 2.05) is 11.4 Å². The molecule has 0 bridgehead atoms. The molecule has 0 fully saturated rings. The Balaban J connectivity index is 1.69. The van der Waals surface area contributed by atoms with Gasteiger partial charge in [-0.25, -0.2) is 9.18 Å². The van der Waals surface area contributed by atoms with Gasteiger partial charge in [-0.15, -0.1) is 11.3 Å². The zero-order valence-electron chi connectivity index (χ0n) is 13.2. The minimum absolute atomic E-state index is 0.0149. The number of hydrogen-bond acceptors (Lipinski definition) is 3. The Hall–Kier alpha value is -2.41. The van der Waals surface area contributed by atoms with E-state index in [0.717, 1.165) is 25.3 Å². The number of fused-ring (bicyclic) bond motifs is 1. The zero-order valence-corrected chi connectivity index (χ0v) is 14.0. The van der Waals surface area contributed by atoms with Crippen molar-refractivity contribution < 1.29 is 14.0 Å². The van der Waals surface area contributed by atoms with Crippen molar-refractivity contribution in [1.82, 2.24) is 10.6 Å². The number of amides is 3. The summed E-state index contributed by atoms with van der Waals surface area (Å²) in [5, 5.41) is 10.0. The van der Waals surface area contributed by atoms with Crippen molar-refractivity contribution in [2.24, 2.45) is 0 Å². The second-order valence-corrected chi connectivity index (χ2v) is 6.62. The van der Waals surface area contributed by atoms with Crippen LogP contribution in [0.3, 0.4) is 0 Å². The quantitative estimate of drug-likeness (QED) is 0.796. The van der Waals surface area contributed by atoms with Gasteiger partial charge in [-0.05, 0) is 54.5 Å². The molecule has 5 nitrogen and oxygen atoms in total. The van der Waals surface area contributed by atoms with Crippen molar-refractivity contribution in [1.29, 1.82) is 0 Å². The second kappa shape index (κ2) is 7.00. The molecular weight excluding hydrogens is 329 g/mol. The van der Waals surface area contributed by atoms with Gasteiger partial charge in [0.25, 0.3) is 5.91 Å². The molecule has 3 amide bonds. The summed E-state index contributed by atoms with van der Waals surface area (Å²) in [6.45, 7) is 0. The Morgan fingerprint density at radius 1 is 1.29 bits per heavy atom. The van der Waals surface area contributed by atoms with Crippen LogP contribution >= 0.6 is 11.3 Å². The summed E-state index contributed by atoms with van der Waals surface area (Å²) < 4.78 is 13.7. The highest BCUT2D eigenvalue weighted by atomic mass is 32.1. The molecule has 1 aliphatic carbocycles. The topological polar surface area (TPSA) is 70.2 Å². The predicted octanol–water partition coefficient (Wildman–Crippen LogP) is 3.45. The Kier molecular flexibility index (Phi) is 4.80. The van der Waals surface area contributed by atoms with E-state index in [2.05, 4.69) is 16.0 Å². The summed E-state index contributed by atoms with van der Waals surface area (Å²) in [5.74, 6) is -1.16. The van der Waals surface area contributed by atoms with Crippen LogP contribution in [0.5, 0.6) is 0 Å². The maximum atomic E-state index is 13.7. The fourth-order valence-corrected chi connectivity index (χ4v) is 3.86. The fraction of sp³-hybridized carbons (Fsp3) is 0.294. The van der Waals surface area contributed by atoms with Crippen LogP contribution in [0.25, 0.3) is 0 Å². The van der Waals surface area contributed by atoms with Gasteiger partial charge in [-0.1, -0.05) is 0 Å². The molecule has 2 aromatic rings. The molecule has 0 aliphatic heterocycles. The van der Waals surface area contributed by atoms with Gasteiger partial charge < -0.3 is 16.0 Å². The molecule has 3 rings (SSSR count). The molecular formula is C17H18FN3O2S. The predicted molar refractivity (Wildman–Crippen MR) is 91.9 cm³/mol. The lowest BCUT2D eigenvalue weighted by Crippen LogP contribution is -2.34. The van der Waals surface area contributed by atoms with Crippen molar-refractivity contribution in [3.05, 3.63) is 51.5 Å². The number of halogens is 1. The number of carbonyl (C=O) groups excluding carboxylic acids is 2. The van der Waals surface area contributed by atoms with E-state index in [-0.39, 0.29) is 17.6 Å². The monoisotopic (exact) mass is 347 g/mol. The summed E-state index contributed by atoms with van der Waals surface area (Å²) in [4.78, 5) is 25.2. The van der Waals surface area contributed by atoms with E-state index < -0.39 is 11.7 Å². The lowest BCUT2D eigenvalue weighted by atomic mass is 9.94. The van der Waals surface area contributed by atoms with Gasteiger partial charge in [0.1, 0.15) is 5.82 Å². The fourth-order valence-electron chi connectivity index (χ4n) is 2.87. The van der Waals surface area contributed by atoms with Gasteiger partial charge in [0.2, 0.25) is 0 Å². The third kappa shape index (κ3) is 3.41. The van der Waals surface area contributed by atoms with Gasteiger partial charge in [-0.2, -0.15) is 0 Å². The third-order valence-electron chi connectivity index (χ3n) is 4.05. The van der Waals surface area contributed by atoms with Crippen LogP contribution in [-0.2, 0) is 6.42 Å². The first kappa shape index (κ1) is 16.4. The molecule has 0 saturated heterocycles. The average molecular weight is 347 g/mol. The summed E-state index contributed by atoms with van der Waals surface area (Å²) in [5.41, 5.74) is 1.44. The maximum Gasteiger partial charge on any atom is 0.319 e. The highest BCUT2D eigenvalue weighted by Crippen LogP contribution is 2.33. The van der Waals surface area contributed by atoms with E-state index in [4.69, 9.17) is 0 Å². The summed E-state index contributed by atoms with van der Waals surface area (Å²) in [6.07, 6.45) is 2.99. The molecule has 0 spiro atoms. The lowest BCUT2D eigenvalue weighted by Gasteiger charge is -2.23. The Morgan fingerprint density at radius 2 is 2.12 bits per heavy atom. The molecule has 7 heteroatoms. The summed E-state index contributed by atoms with van der Waals surface area (Å²) >= 11 is 1.71. The maximum absolute atomic E-state index is 13.7. The van der Waals surface area contributed by atoms with E-state index >= 15 is 0 Å². The number of urea groups is 1. The first-order valence-electron chi connectivity index (χ1n) is 7.74. The van der Waals surface area contributed by atoms with E-state index in [0.29, 0.717) is 5.69 Å². The molecule has 1 aromatic heterocycles. The van der Waals surface area contributed by atoms with Gasteiger partial charge in [-0.3, -0.25) is 4.79 Å². The number of nitrogens with one attached hydrogen (secondary N) is 3. The molecule has 1 heterocycles. The number of thiophene rings is 1.